The van der Waals surface area contributed by atoms with Crippen molar-refractivity contribution in [3.05, 3.63) is 24.0 Å². The van der Waals surface area contributed by atoms with Gasteiger partial charge in [-0.25, -0.2) is 0 Å². The number of nitrogens with zero attached hydrogens (tertiary/aromatic N) is 1. The fourth-order valence-corrected chi connectivity index (χ4v) is 1.73. The third-order valence-corrected chi connectivity index (χ3v) is 2.40. The normalized spacial score (nSPS) is 23.2. The lowest BCUT2D eigenvalue weighted by molar-refractivity contribution is -0.126. The van der Waals surface area contributed by atoms with Crippen molar-refractivity contribution in [2.45, 2.75) is 32.1 Å². The molecule has 64 valence electrons. The number of amides is 1. The van der Waals surface area contributed by atoms with Crippen molar-refractivity contribution >= 4 is 5.91 Å². The molecule has 1 fully saturated rings. The third kappa shape index (κ3) is 1.29. The van der Waals surface area contributed by atoms with E-state index in [1.54, 1.807) is 0 Å². The molecule has 0 spiro atoms. The van der Waals surface area contributed by atoms with Gasteiger partial charge in [0.2, 0.25) is 5.91 Å². The monoisotopic (exact) mass is 163 g/mol. The molecule has 2 nitrogen and oxygen atoms in total. The van der Waals surface area contributed by atoms with Crippen LogP contribution < -0.4 is 0 Å². The summed E-state index contributed by atoms with van der Waals surface area (Å²) < 4.78 is 0. The topological polar surface area (TPSA) is 20.3 Å². The van der Waals surface area contributed by atoms with Crippen molar-refractivity contribution in [1.29, 1.82) is 0 Å². The van der Waals surface area contributed by atoms with Crippen molar-refractivity contribution in [3.8, 4) is 0 Å². The summed E-state index contributed by atoms with van der Waals surface area (Å²) in [6, 6.07) is 0. The highest BCUT2D eigenvalue weighted by molar-refractivity contribution is 5.79. The summed E-state index contributed by atoms with van der Waals surface area (Å²) in [5.74, 6) is 0.259. The van der Waals surface area contributed by atoms with Gasteiger partial charge in [0.05, 0.1) is 0 Å². The van der Waals surface area contributed by atoms with Gasteiger partial charge in [0.25, 0.3) is 0 Å². The van der Waals surface area contributed by atoms with E-state index < -0.39 is 0 Å². The highest BCUT2D eigenvalue weighted by Crippen LogP contribution is 2.24. The second-order valence-corrected chi connectivity index (χ2v) is 3.29. The molecule has 0 saturated carbocycles. The van der Waals surface area contributed by atoms with E-state index >= 15 is 0 Å². The van der Waals surface area contributed by atoms with E-state index in [0.717, 1.165) is 25.7 Å². The van der Waals surface area contributed by atoms with Crippen LogP contribution in [0.3, 0.4) is 0 Å². The maximum absolute atomic E-state index is 11.5. The number of hydrogen-bond acceptors (Lipinski definition) is 1. The van der Waals surface area contributed by atoms with Crippen LogP contribution in [-0.4, -0.2) is 10.8 Å². The van der Waals surface area contributed by atoms with Crippen LogP contribution in [0.1, 0.15) is 32.1 Å². The molecule has 0 unspecified atom stereocenters. The minimum Gasteiger partial charge on any atom is -0.292 e. The standard InChI is InChI=1S/C10H13NO/c12-10-7-2-1-5-9-6-3-4-8-11(9)10/h4,6,8H,1-3,5,7H2. The molecule has 2 heteroatoms. The van der Waals surface area contributed by atoms with Crippen LogP contribution in [0.5, 0.6) is 0 Å². The van der Waals surface area contributed by atoms with Gasteiger partial charge in [-0.05, 0) is 25.7 Å². The van der Waals surface area contributed by atoms with Gasteiger partial charge in [0.1, 0.15) is 0 Å². The van der Waals surface area contributed by atoms with E-state index in [9.17, 15) is 4.79 Å². The van der Waals surface area contributed by atoms with Gasteiger partial charge in [0.15, 0.2) is 0 Å². The van der Waals surface area contributed by atoms with Crippen molar-refractivity contribution in [3.63, 3.8) is 0 Å². The highest BCUT2D eigenvalue weighted by atomic mass is 16.2. The van der Waals surface area contributed by atoms with Crippen LogP contribution in [-0.2, 0) is 4.79 Å². The lowest BCUT2D eigenvalue weighted by atomic mass is 10.1. The lowest BCUT2D eigenvalue weighted by Crippen LogP contribution is -2.24. The van der Waals surface area contributed by atoms with Gasteiger partial charge in [-0.3, -0.25) is 9.69 Å². The average molecular weight is 163 g/mol. The van der Waals surface area contributed by atoms with Crippen LogP contribution in [0, 0.1) is 0 Å². The SMILES string of the molecule is O=C1CCCCC2=CCC=CN12. The van der Waals surface area contributed by atoms with Crippen molar-refractivity contribution in [1.82, 2.24) is 4.90 Å². The summed E-state index contributed by atoms with van der Waals surface area (Å²) in [6.45, 7) is 0. The summed E-state index contributed by atoms with van der Waals surface area (Å²) in [6.07, 6.45) is 11.1. The maximum atomic E-state index is 11.5. The zero-order chi connectivity index (χ0) is 8.39. The first-order valence-corrected chi connectivity index (χ1v) is 4.56. The predicted octanol–water partition coefficient (Wildman–Crippen LogP) is 2.19. The summed E-state index contributed by atoms with van der Waals surface area (Å²) in [5.41, 5.74) is 1.21. The number of fused-ring (bicyclic) bond motifs is 1. The second kappa shape index (κ2) is 3.13. The number of hydrogen-bond donors (Lipinski definition) is 0. The fourth-order valence-electron chi connectivity index (χ4n) is 1.73. The number of rotatable bonds is 0. The van der Waals surface area contributed by atoms with Crippen molar-refractivity contribution in [2.24, 2.45) is 0 Å². The largest absolute Gasteiger partial charge is 0.292 e. The molecular formula is C10H13NO. The van der Waals surface area contributed by atoms with Gasteiger partial charge in [-0.2, -0.15) is 0 Å². The van der Waals surface area contributed by atoms with Gasteiger partial charge in [-0.15, -0.1) is 0 Å². The Bertz CT molecular complexity index is 253. The molecule has 12 heavy (non-hydrogen) atoms. The molecule has 0 aromatic heterocycles. The van der Waals surface area contributed by atoms with E-state index in [4.69, 9.17) is 0 Å². The minimum absolute atomic E-state index is 0.259. The average Bonchev–Trinajstić information content (AvgIpc) is 2.29. The van der Waals surface area contributed by atoms with Crippen molar-refractivity contribution in [2.75, 3.05) is 0 Å². The molecule has 2 aliphatic rings. The number of carbonyl (C=O) groups excluding carboxylic acids is 1. The zero-order valence-electron chi connectivity index (χ0n) is 7.12. The van der Waals surface area contributed by atoms with E-state index in [2.05, 4.69) is 6.08 Å². The Morgan fingerprint density at radius 1 is 1.25 bits per heavy atom. The van der Waals surface area contributed by atoms with Crippen LogP contribution in [0.25, 0.3) is 0 Å². The van der Waals surface area contributed by atoms with Gasteiger partial charge in [0, 0.05) is 18.3 Å². The van der Waals surface area contributed by atoms with Gasteiger partial charge < -0.3 is 0 Å². The van der Waals surface area contributed by atoms with E-state index in [0.29, 0.717) is 6.42 Å². The number of carbonyl (C=O) groups is 1. The minimum atomic E-state index is 0.259. The summed E-state index contributed by atoms with van der Waals surface area (Å²) in [7, 11) is 0. The quantitative estimate of drug-likeness (QED) is 0.536. The molecule has 0 atom stereocenters. The van der Waals surface area contributed by atoms with Gasteiger partial charge >= 0.3 is 0 Å². The number of allylic oxidation sites excluding steroid dienone is 3. The Hall–Kier alpha value is -1.05. The molecule has 0 N–H and O–H groups in total. The second-order valence-electron chi connectivity index (χ2n) is 3.29. The first kappa shape index (κ1) is 7.59. The molecular weight excluding hydrogens is 150 g/mol. The Balaban J connectivity index is 2.23. The predicted molar refractivity (Wildman–Crippen MR) is 47.2 cm³/mol. The van der Waals surface area contributed by atoms with Crippen LogP contribution in [0.15, 0.2) is 24.0 Å². The molecule has 0 radical (unpaired) electrons. The lowest BCUT2D eigenvalue weighted by Gasteiger charge is -2.21. The molecule has 2 rings (SSSR count). The van der Waals surface area contributed by atoms with Gasteiger partial charge in [-0.1, -0.05) is 12.2 Å². The first-order valence-electron chi connectivity index (χ1n) is 4.56. The zero-order valence-corrected chi connectivity index (χ0v) is 7.12. The molecule has 0 aliphatic carbocycles. The Kier molecular flexibility index (Phi) is 1.98. The molecule has 1 saturated heterocycles. The smallest absolute Gasteiger partial charge is 0.230 e. The van der Waals surface area contributed by atoms with E-state index in [1.165, 1.54) is 5.70 Å². The Morgan fingerprint density at radius 3 is 3.00 bits per heavy atom. The molecule has 2 heterocycles. The molecule has 0 bridgehead atoms. The summed E-state index contributed by atoms with van der Waals surface area (Å²) in [4.78, 5) is 13.3. The van der Waals surface area contributed by atoms with Crippen LogP contribution in [0.4, 0.5) is 0 Å². The summed E-state index contributed by atoms with van der Waals surface area (Å²) in [5, 5.41) is 0. The van der Waals surface area contributed by atoms with Crippen LogP contribution >= 0.6 is 0 Å². The third-order valence-electron chi connectivity index (χ3n) is 2.40. The molecule has 2 aliphatic heterocycles. The summed E-state index contributed by atoms with van der Waals surface area (Å²) >= 11 is 0. The van der Waals surface area contributed by atoms with Crippen molar-refractivity contribution < 1.29 is 4.79 Å². The molecule has 0 aromatic rings. The van der Waals surface area contributed by atoms with Crippen LogP contribution in [0.2, 0.25) is 0 Å². The Morgan fingerprint density at radius 2 is 2.08 bits per heavy atom. The molecule has 0 aromatic carbocycles. The first-order chi connectivity index (χ1) is 5.88. The van der Waals surface area contributed by atoms with E-state index in [-0.39, 0.29) is 5.91 Å². The molecule has 1 amide bonds. The van der Waals surface area contributed by atoms with E-state index in [1.807, 2.05) is 17.2 Å². The Labute approximate surface area is 72.6 Å². The maximum Gasteiger partial charge on any atom is 0.230 e. The highest BCUT2D eigenvalue weighted by Gasteiger charge is 2.19. The fraction of sp³-hybridized carbons (Fsp3) is 0.500.